The van der Waals surface area contributed by atoms with Crippen molar-refractivity contribution in [1.29, 1.82) is 0 Å². The largest absolute Gasteiger partial charge is 0.415 e. The molecule has 0 saturated heterocycles. The van der Waals surface area contributed by atoms with E-state index in [9.17, 15) is 12.8 Å². The number of rotatable bonds is 4. The Morgan fingerprint density at radius 3 is 2.68 bits per heavy atom. The Labute approximate surface area is 197 Å². The maximum absolute atomic E-state index is 13.5. The first kappa shape index (κ1) is 21.0. The summed E-state index contributed by atoms with van der Waals surface area (Å²) >= 11 is 0.978. The number of fused-ring (bicyclic) bond motifs is 2. The number of aromatic nitrogens is 6. The smallest absolute Gasteiger partial charge is 0.268 e. The minimum Gasteiger partial charge on any atom is -0.415 e. The maximum atomic E-state index is 13.5. The van der Waals surface area contributed by atoms with Crippen molar-refractivity contribution in [3.05, 3.63) is 59.5 Å². The Balaban J connectivity index is 1.37. The van der Waals surface area contributed by atoms with Gasteiger partial charge >= 0.3 is 0 Å². The van der Waals surface area contributed by atoms with Gasteiger partial charge in [0.1, 0.15) is 21.7 Å². The molecule has 0 saturated carbocycles. The van der Waals surface area contributed by atoms with Crippen molar-refractivity contribution in [1.82, 2.24) is 33.0 Å². The monoisotopic (exact) mass is 497 g/mol. The number of hydrogen-bond donors (Lipinski definition) is 0. The Kier molecular flexibility index (Phi) is 4.79. The van der Waals surface area contributed by atoms with Gasteiger partial charge in [0.2, 0.25) is 15.9 Å². The van der Waals surface area contributed by atoms with Gasteiger partial charge in [-0.2, -0.15) is 18.2 Å². The molecule has 0 spiro atoms. The van der Waals surface area contributed by atoms with Crippen LogP contribution in [0.15, 0.2) is 51.8 Å². The normalized spacial score (nSPS) is 14.5. The van der Waals surface area contributed by atoms with Gasteiger partial charge in [-0.05, 0) is 36.4 Å². The molecule has 0 N–H and O–H groups in total. The molecule has 0 aliphatic carbocycles. The van der Waals surface area contributed by atoms with Crippen LogP contribution < -0.4 is 0 Å². The predicted molar refractivity (Wildman–Crippen MR) is 121 cm³/mol. The van der Waals surface area contributed by atoms with Crippen LogP contribution in [0.4, 0.5) is 4.39 Å². The molecule has 13 heteroatoms. The third kappa shape index (κ3) is 3.31. The maximum Gasteiger partial charge on any atom is 0.268 e. The highest BCUT2D eigenvalue weighted by molar-refractivity contribution is 7.89. The first-order chi connectivity index (χ1) is 16.4. The lowest BCUT2D eigenvalue weighted by molar-refractivity contribution is 0.386. The lowest BCUT2D eigenvalue weighted by atomic mass is 10.1. The van der Waals surface area contributed by atoms with Crippen molar-refractivity contribution in [3.8, 4) is 23.0 Å². The van der Waals surface area contributed by atoms with Crippen LogP contribution in [-0.2, 0) is 30.0 Å². The lowest BCUT2D eigenvalue weighted by Gasteiger charge is -2.26. The standard InChI is InChI=1S/C21H16FN7O3S2/c1-28-16-9-10-29(34(30,31)17-4-2-3-15-19(17)27-33-26-15)11-14(16)18(25-28)21-24-23-20(32-21)12-5-7-13(22)8-6-12/h2-8H,9-11H2,1H3. The van der Waals surface area contributed by atoms with Crippen molar-refractivity contribution in [2.75, 3.05) is 6.54 Å². The zero-order valence-corrected chi connectivity index (χ0v) is 19.3. The van der Waals surface area contributed by atoms with Gasteiger partial charge in [0, 0.05) is 43.4 Å². The molecule has 6 rings (SSSR count). The quantitative estimate of drug-likeness (QED) is 0.372. The molecule has 4 heterocycles. The van der Waals surface area contributed by atoms with Crippen LogP contribution in [0.3, 0.4) is 0 Å². The highest BCUT2D eigenvalue weighted by Gasteiger charge is 2.34. The molecule has 3 aromatic heterocycles. The van der Waals surface area contributed by atoms with Crippen molar-refractivity contribution < 1.29 is 17.2 Å². The van der Waals surface area contributed by atoms with E-state index in [1.807, 2.05) is 0 Å². The van der Waals surface area contributed by atoms with Gasteiger partial charge < -0.3 is 4.42 Å². The van der Waals surface area contributed by atoms with E-state index >= 15 is 0 Å². The highest BCUT2D eigenvalue weighted by atomic mass is 32.2. The van der Waals surface area contributed by atoms with E-state index < -0.39 is 10.0 Å². The van der Waals surface area contributed by atoms with Crippen LogP contribution in [0.1, 0.15) is 11.3 Å². The molecule has 1 aliphatic rings. The van der Waals surface area contributed by atoms with Crippen LogP contribution in [0.2, 0.25) is 0 Å². The van der Waals surface area contributed by atoms with Crippen LogP contribution >= 0.6 is 11.7 Å². The first-order valence-corrected chi connectivity index (χ1v) is 12.4. The Morgan fingerprint density at radius 1 is 1.06 bits per heavy atom. The Bertz CT molecular complexity index is 1640. The zero-order chi connectivity index (χ0) is 23.4. The summed E-state index contributed by atoms with van der Waals surface area (Å²) in [6, 6.07) is 10.7. The number of halogens is 1. The minimum absolute atomic E-state index is 0.100. The lowest BCUT2D eigenvalue weighted by Crippen LogP contribution is -2.36. The van der Waals surface area contributed by atoms with Gasteiger partial charge in [0.15, 0.2) is 5.69 Å². The molecule has 0 amide bonds. The summed E-state index contributed by atoms with van der Waals surface area (Å²) in [6.07, 6.45) is 0.475. The summed E-state index contributed by atoms with van der Waals surface area (Å²) in [4.78, 5) is 0.129. The summed E-state index contributed by atoms with van der Waals surface area (Å²) in [5, 5.41) is 12.7. The van der Waals surface area contributed by atoms with Gasteiger partial charge in [-0.15, -0.1) is 10.2 Å². The molecule has 0 radical (unpaired) electrons. The van der Waals surface area contributed by atoms with Crippen LogP contribution in [-0.4, -0.2) is 48.0 Å². The predicted octanol–water partition coefficient (Wildman–Crippen LogP) is 3.03. The van der Waals surface area contributed by atoms with Crippen LogP contribution in [0.5, 0.6) is 0 Å². The first-order valence-electron chi connectivity index (χ1n) is 10.3. The highest BCUT2D eigenvalue weighted by Crippen LogP contribution is 2.34. The van der Waals surface area contributed by atoms with Gasteiger partial charge in [-0.1, -0.05) is 6.07 Å². The molecule has 5 aromatic rings. The molecule has 10 nitrogen and oxygen atoms in total. The van der Waals surface area contributed by atoms with Gasteiger partial charge in [0.25, 0.3) is 5.89 Å². The van der Waals surface area contributed by atoms with Crippen molar-refractivity contribution in [2.45, 2.75) is 17.9 Å². The van der Waals surface area contributed by atoms with E-state index in [0.29, 0.717) is 40.8 Å². The second-order valence-corrected chi connectivity index (χ2v) is 10.2. The number of nitrogens with zero attached hydrogens (tertiary/aromatic N) is 7. The topological polar surface area (TPSA) is 120 Å². The third-order valence-electron chi connectivity index (χ3n) is 5.79. The summed E-state index contributed by atoms with van der Waals surface area (Å²) in [6.45, 7) is 0.399. The molecule has 172 valence electrons. The fourth-order valence-corrected chi connectivity index (χ4v) is 6.26. The molecule has 0 bridgehead atoms. The van der Waals surface area contributed by atoms with Crippen LogP contribution in [0.25, 0.3) is 34.1 Å². The van der Waals surface area contributed by atoms with E-state index in [4.69, 9.17) is 4.42 Å². The zero-order valence-electron chi connectivity index (χ0n) is 17.7. The van der Waals surface area contributed by atoms with E-state index in [1.165, 1.54) is 16.4 Å². The fraction of sp³-hybridized carbons (Fsp3) is 0.190. The number of aryl methyl sites for hydroxylation is 1. The molecule has 0 unspecified atom stereocenters. The molecule has 34 heavy (non-hydrogen) atoms. The van der Waals surface area contributed by atoms with E-state index in [2.05, 4.69) is 24.0 Å². The number of benzene rings is 2. The Morgan fingerprint density at radius 2 is 1.85 bits per heavy atom. The summed E-state index contributed by atoms with van der Waals surface area (Å²) < 4.78 is 57.6. The van der Waals surface area contributed by atoms with E-state index in [1.54, 1.807) is 42.1 Å². The second kappa shape index (κ2) is 7.75. The summed E-state index contributed by atoms with van der Waals surface area (Å²) in [5.41, 5.74) is 3.51. The third-order valence-corrected chi connectivity index (χ3v) is 8.21. The second-order valence-electron chi connectivity index (χ2n) is 7.79. The van der Waals surface area contributed by atoms with E-state index in [-0.39, 0.29) is 29.0 Å². The van der Waals surface area contributed by atoms with Crippen molar-refractivity contribution in [2.24, 2.45) is 7.05 Å². The SMILES string of the molecule is Cn1nc(-c2nnc(-c3ccc(F)cc3)o2)c2c1CCN(S(=O)(=O)c1cccc3nsnc13)C2. The summed E-state index contributed by atoms with van der Waals surface area (Å²) in [5.74, 6) is 0.0198. The average Bonchev–Trinajstić information content (AvgIpc) is 3.58. The molecule has 0 atom stereocenters. The molecule has 2 aromatic carbocycles. The fourth-order valence-electron chi connectivity index (χ4n) is 4.10. The Hall–Kier alpha value is -3.55. The van der Waals surface area contributed by atoms with Gasteiger partial charge in [0.05, 0.1) is 11.7 Å². The molecular formula is C21H16FN7O3S2. The van der Waals surface area contributed by atoms with Gasteiger partial charge in [-0.25, -0.2) is 12.8 Å². The number of hydrogen-bond acceptors (Lipinski definition) is 9. The average molecular weight is 498 g/mol. The van der Waals surface area contributed by atoms with Crippen LogP contribution in [0, 0.1) is 5.82 Å². The van der Waals surface area contributed by atoms with Gasteiger partial charge in [-0.3, -0.25) is 4.68 Å². The minimum atomic E-state index is -3.83. The molecule has 1 aliphatic heterocycles. The van der Waals surface area contributed by atoms with Crippen molar-refractivity contribution in [3.63, 3.8) is 0 Å². The molecule has 0 fully saturated rings. The van der Waals surface area contributed by atoms with E-state index in [0.717, 1.165) is 17.4 Å². The van der Waals surface area contributed by atoms with Crippen molar-refractivity contribution >= 4 is 32.8 Å². The molecular weight excluding hydrogens is 481 g/mol. The summed E-state index contributed by atoms with van der Waals surface area (Å²) in [7, 11) is -2.04. The number of sulfonamides is 1.